The van der Waals surface area contributed by atoms with E-state index >= 15 is 0 Å². The normalized spacial score (nSPS) is 18.1. The van der Waals surface area contributed by atoms with Gasteiger partial charge in [-0.15, -0.1) is 0 Å². The molecular formula is C15H14FNO2S. The van der Waals surface area contributed by atoms with Crippen molar-refractivity contribution in [2.24, 2.45) is 0 Å². The lowest BCUT2D eigenvalue weighted by Gasteiger charge is -2.24. The molecule has 0 radical (unpaired) electrons. The standard InChI is InChI=1S/C15H14FNO2S/c1-11-10-12-6-2-4-8-14(12)17(11)20(18,19)15-9-5-3-7-13(15)16/h2-9,11H,10H2,1H3/t11-/m0/s1. The van der Waals surface area contributed by atoms with E-state index in [1.807, 2.05) is 19.1 Å². The van der Waals surface area contributed by atoms with E-state index in [4.69, 9.17) is 0 Å². The smallest absolute Gasteiger partial charge is 0.263 e. The molecule has 0 bridgehead atoms. The zero-order valence-electron chi connectivity index (χ0n) is 11.0. The maximum Gasteiger partial charge on any atom is 0.267 e. The van der Waals surface area contributed by atoms with Gasteiger partial charge in [0.1, 0.15) is 10.7 Å². The van der Waals surface area contributed by atoms with Crippen LogP contribution in [0.2, 0.25) is 0 Å². The van der Waals surface area contributed by atoms with Crippen LogP contribution in [0.3, 0.4) is 0 Å². The summed E-state index contributed by atoms with van der Waals surface area (Å²) in [5, 5.41) is 0. The zero-order chi connectivity index (χ0) is 14.3. The lowest BCUT2D eigenvalue weighted by molar-refractivity contribution is 0.559. The first-order valence-corrected chi connectivity index (χ1v) is 7.82. The third kappa shape index (κ3) is 1.89. The van der Waals surface area contributed by atoms with Crippen molar-refractivity contribution in [3.63, 3.8) is 0 Å². The lowest BCUT2D eigenvalue weighted by Crippen LogP contribution is -2.36. The molecule has 0 saturated carbocycles. The molecule has 1 aliphatic heterocycles. The molecule has 0 N–H and O–H groups in total. The van der Waals surface area contributed by atoms with Crippen molar-refractivity contribution in [1.82, 2.24) is 0 Å². The van der Waals surface area contributed by atoms with Gasteiger partial charge in [-0.05, 0) is 37.1 Å². The summed E-state index contributed by atoms with van der Waals surface area (Å²) in [5.74, 6) is -0.718. The second kappa shape index (κ2) is 4.59. The second-order valence-electron chi connectivity index (χ2n) is 4.91. The highest BCUT2D eigenvalue weighted by molar-refractivity contribution is 7.92. The molecule has 3 rings (SSSR count). The number of nitrogens with zero attached hydrogens (tertiary/aromatic N) is 1. The summed E-state index contributed by atoms with van der Waals surface area (Å²) in [6.07, 6.45) is 0.643. The molecule has 5 heteroatoms. The van der Waals surface area contributed by atoms with Gasteiger partial charge in [0.2, 0.25) is 0 Å². The van der Waals surface area contributed by atoms with E-state index in [9.17, 15) is 12.8 Å². The summed E-state index contributed by atoms with van der Waals surface area (Å²) >= 11 is 0. The Hall–Kier alpha value is -1.88. The predicted molar refractivity (Wildman–Crippen MR) is 75.7 cm³/mol. The lowest BCUT2D eigenvalue weighted by atomic mass is 10.1. The quantitative estimate of drug-likeness (QED) is 0.853. The molecule has 2 aromatic carbocycles. The van der Waals surface area contributed by atoms with Crippen molar-refractivity contribution < 1.29 is 12.8 Å². The van der Waals surface area contributed by atoms with Crippen molar-refractivity contribution in [3.8, 4) is 0 Å². The van der Waals surface area contributed by atoms with Gasteiger partial charge >= 0.3 is 0 Å². The molecule has 0 aromatic heterocycles. The molecule has 20 heavy (non-hydrogen) atoms. The number of hydrogen-bond donors (Lipinski definition) is 0. The minimum atomic E-state index is -3.87. The molecule has 1 aliphatic rings. The van der Waals surface area contributed by atoms with Crippen LogP contribution in [0.1, 0.15) is 12.5 Å². The third-order valence-electron chi connectivity index (χ3n) is 3.52. The number of benzene rings is 2. The van der Waals surface area contributed by atoms with Gasteiger partial charge in [0.05, 0.1) is 5.69 Å². The van der Waals surface area contributed by atoms with Gasteiger partial charge in [-0.3, -0.25) is 4.31 Å². The minimum absolute atomic E-state index is 0.211. The Bertz CT molecular complexity index is 758. The van der Waals surface area contributed by atoms with Crippen molar-refractivity contribution in [2.75, 3.05) is 4.31 Å². The Morgan fingerprint density at radius 2 is 1.75 bits per heavy atom. The highest BCUT2D eigenvalue weighted by Crippen LogP contribution is 2.36. The van der Waals surface area contributed by atoms with E-state index < -0.39 is 15.8 Å². The fourth-order valence-electron chi connectivity index (χ4n) is 2.66. The maximum absolute atomic E-state index is 13.8. The topological polar surface area (TPSA) is 37.4 Å². The van der Waals surface area contributed by atoms with Gasteiger partial charge < -0.3 is 0 Å². The van der Waals surface area contributed by atoms with E-state index in [1.54, 1.807) is 12.1 Å². The van der Waals surface area contributed by atoms with Crippen LogP contribution < -0.4 is 4.31 Å². The molecule has 0 fully saturated rings. The first-order valence-electron chi connectivity index (χ1n) is 6.38. The monoisotopic (exact) mass is 291 g/mol. The number of hydrogen-bond acceptors (Lipinski definition) is 2. The first kappa shape index (κ1) is 13.1. The van der Waals surface area contributed by atoms with E-state index in [2.05, 4.69) is 0 Å². The van der Waals surface area contributed by atoms with Crippen molar-refractivity contribution in [2.45, 2.75) is 24.3 Å². The first-order chi connectivity index (χ1) is 9.51. The molecule has 0 unspecified atom stereocenters. The molecule has 104 valence electrons. The Labute approximate surface area is 117 Å². The molecule has 2 aromatic rings. The van der Waals surface area contributed by atoms with E-state index in [0.717, 1.165) is 5.56 Å². The fourth-order valence-corrected chi connectivity index (χ4v) is 4.43. The Morgan fingerprint density at radius 1 is 1.10 bits per heavy atom. The van der Waals surface area contributed by atoms with Crippen LogP contribution >= 0.6 is 0 Å². The summed E-state index contributed by atoms with van der Waals surface area (Å²) in [7, 11) is -3.87. The third-order valence-corrected chi connectivity index (χ3v) is 5.48. The van der Waals surface area contributed by atoms with Crippen LogP contribution in [-0.4, -0.2) is 14.5 Å². The Morgan fingerprint density at radius 3 is 2.50 bits per heavy atom. The zero-order valence-corrected chi connectivity index (χ0v) is 11.8. The predicted octanol–water partition coefficient (Wildman–Crippen LogP) is 2.97. The fraction of sp³-hybridized carbons (Fsp3) is 0.200. The van der Waals surface area contributed by atoms with Gasteiger partial charge in [0.25, 0.3) is 10.0 Å². The summed E-state index contributed by atoms with van der Waals surface area (Å²) in [6, 6.07) is 12.6. The molecular weight excluding hydrogens is 277 g/mol. The number of para-hydroxylation sites is 1. The summed E-state index contributed by atoms with van der Waals surface area (Å²) in [5.41, 5.74) is 1.61. The second-order valence-corrected chi connectivity index (χ2v) is 6.70. The van der Waals surface area contributed by atoms with Crippen LogP contribution in [0.15, 0.2) is 53.4 Å². The highest BCUT2D eigenvalue weighted by atomic mass is 32.2. The van der Waals surface area contributed by atoms with Crippen molar-refractivity contribution >= 4 is 15.7 Å². The van der Waals surface area contributed by atoms with E-state index in [1.165, 1.54) is 28.6 Å². The van der Waals surface area contributed by atoms with Crippen LogP contribution in [0.5, 0.6) is 0 Å². The van der Waals surface area contributed by atoms with Crippen LogP contribution in [0.4, 0.5) is 10.1 Å². The number of sulfonamides is 1. The van der Waals surface area contributed by atoms with Crippen LogP contribution in [-0.2, 0) is 16.4 Å². The van der Waals surface area contributed by atoms with Crippen molar-refractivity contribution in [1.29, 1.82) is 0 Å². The van der Waals surface area contributed by atoms with Gasteiger partial charge in [-0.1, -0.05) is 30.3 Å². The SMILES string of the molecule is C[C@H]1Cc2ccccc2N1S(=O)(=O)c1ccccc1F. The molecule has 3 nitrogen and oxygen atoms in total. The van der Waals surface area contributed by atoms with E-state index in [-0.39, 0.29) is 10.9 Å². The van der Waals surface area contributed by atoms with Gasteiger partial charge in [0, 0.05) is 6.04 Å². The molecule has 1 heterocycles. The summed E-state index contributed by atoms with van der Waals surface area (Å²) < 4.78 is 40.6. The average Bonchev–Trinajstić information content (AvgIpc) is 2.75. The molecule has 0 amide bonds. The van der Waals surface area contributed by atoms with Gasteiger partial charge in [0.15, 0.2) is 0 Å². The average molecular weight is 291 g/mol. The van der Waals surface area contributed by atoms with Gasteiger partial charge in [-0.25, -0.2) is 12.8 Å². The number of rotatable bonds is 2. The number of fused-ring (bicyclic) bond motifs is 1. The van der Waals surface area contributed by atoms with Crippen LogP contribution in [0, 0.1) is 5.82 Å². The Balaban J connectivity index is 2.16. The molecule has 0 spiro atoms. The maximum atomic E-state index is 13.8. The molecule has 0 saturated heterocycles. The molecule has 1 atom stereocenters. The number of halogens is 1. The largest absolute Gasteiger partial charge is 0.267 e. The van der Waals surface area contributed by atoms with Crippen molar-refractivity contribution in [3.05, 3.63) is 59.9 Å². The summed E-state index contributed by atoms with van der Waals surface area (Å²) in [4.78, 5) is -0.274. The Kier molecular flexibility index (Phi) is 3.01. The number of anilines is 1. The molecule has 0 aliphatic carbocycles. The minimum Gasteiger partial charge on any atom is -0.263 e. The van der Waals surface area contributed by atoms with E-state index in [0.29, 0.717) is 12.1 Å². The van der Waals surface area contributed by atoms with Crippen LogP contribution in [0.25, 0.3) is 0 Å². The highest BCUT2D eigenvalue weighted by Gasteiger charge is 2.36. The van der Waals surface area contributed by atoms with Gasteiger partial charge in [-0.2, -0.15) is 0 Å². The summed E-state index contributed by atoms with van der Waals surface area (Å²) in [6.45, 7) is 1.83.